The molecule has 3 aromatic rings. The Bertz CT molecular complexity index is 1100. The van der Waals surface area contributed by atoms with Crippen molar-refractivity contribution < 1.29 is 19.1 Å². The van der Waals surface area contributed by atoms with Gasteiger partial charge in [-0.25, -0.2) is 4.98 Å². The molecule has 8 nitrogen and oxygen atoms in total. The molecule has 0 saturated carbocycles. The molecule has 0 unspecified atom stereocenters. The Morgan fingerprint density at radius 2 is 1.74 bits per heavy atom. The molecule has 0 spiro atoms. The minimum atomic E-state index is -0.877. The van der Waals surface area contributed by atoms with Gasteiger partial charge >= 0.3 is 0 Å². The highest BCUT2D eigenvalue weighted by molar-refractivity contribution is 7.13. The van der Waals surface area contributed by atoms with Crippen molar-refractivity contribution >= 4 is 34.2 Å². The number of anilines is 1. The number of amides is 3. The van der Waals surface area contributed by atoms with Crippen LogP contribution in [0.3, 0.4) is 0 Å². The fourth-order valence-corrected chi connectivity index (χ4v) is 4.10. The van der Waals surface area contributed by atoms with Gasteiger partial charge in [-0.3, -0.25) is 14.4 Å². The number of carbonyl (C=O) groups is 3. The van der Waals surface area contributed by atoms with Crippen molar-refractivity contribution in [1.29, 1.82) is 0 Å². The number of nitrogens with one attached hydrogen (secondary N) is 2. The van der Waals surface area contributed by atoms with Gasteiger partial charge < -0.3 is 20.3 Å². The smallest absolute Gasteiger partial charge is 0.247 e. The van der Waals surface area contributed by atoms with Gasteiger partial charge in [0.15, 0.2) is 5.13 Å². The number of hydrogen-bond donors (Lipinski definition) is 2. The molecule has 0 fully saturated rings. The number of hydrogen-bond acceptors (Lipinski definition) is 6. The van der Waals surface area contributed by atoms with Gasteiger partial charge in [0.1, 0.15) is 11.8 Å². The van der Waals surface area contributed by atoms with Gasteiger partial charge in [0.2, 0.25) is 17.7 Å². The first-order valence-corrected chi connectivity index (χ1v) is 12.2. The third-order valence-electron chi connectivity index (χ3n) is 5.18. The lowest BCUT2D eigenvalue weighted by Gasteiger charge is -2.32. The Morgan fingerprint density at radius 1 is 1.03 bits per heavy atom. The van der Waals surface area contributed by atoms with E-state index in [1.165, 1.54) is 16.2 Å². The fraction of sp³-hybridized carbons (Fsp3) is 0.308. The SMILES string of the molecule is COc1ccc([C@@H](C(=O)NC(C)C)N(Cc2ccccc2)C(=O)CCC(=O)Nc2nccs2)cc1. The number of nitrogens with zero attached hydrogens (tertiary/aromatic N) is 2. The number of thiazole rings is 1. The molecule has 0 radical (unpaired) electrons. The van der Waals surface area contributed by atoms with Crippen molar-refractivity contribution in [3.05, 3.63) is 77.3 Å². The van der Waals surface area contributed by atoms with Crippen LogP contribution in [-0.2, 0) is 20.9 Å². The van der Waals surface area contributed by atoms with Crippen LogP contribution in [0.5, 0.6) is 5.75 Å². The molecule has 0 bridgehead atoms. The van der Waals surface area contributed by atoms with Crippen LogP contribution in [0.15, 0.2) is 66.2 Å². The van der Waals surface area contributed by atoms with E-state index in [1.54, 1.807) is 43.0 Å². The van der Waals surface area contributed by atoms with Crippen LogP contribution in [0.2, 0.25) is 0 Å². The van der Waals surface area contributed by atoms with E-state index in [0.717, 1.165) is 5.56 Å². The van der Waals surface area contributed by atoms with Gasteiger partial charge in [0.05, 0.1) is 7.11 Å². The highest BCUT2D eigenvalue weighted by Gasteiger charge is 2.32. The molecule has 9 heteroatoms. The van der Waals surface area contributed by atoms with E-state index in [4.69, 9.17) is 4.74 Å². The molecule has 0 aliphatic rings. The number of rotatable bonds is 11. The molecule has 0 aliphatic heterocycles. The van der Waals surface area contributed by atoms with Crippen LogP contribution < -0.4 is 15.4 Å². The van der Waals surface area contributed by atoms with E-state index in [1.807, 2.05) is 44.2 Å². The van der Waals surface area contributed by atoms with Crippen molar-refractivity contribution in [1.82, 2.24) is 15.2 Å². The molecular weight excluding hydrogens is 464 g/mol. The Kier molecular flexibility index (Phi) is 9.37. The lowest BCUT2D eigenvalue weighted by molar-refractivity contribution is -0.142. The largest absolute Gasteiger partial charge is 0.497 e. The highest BCUT2D eigenvalue weighted by Crippen LogP contribution is 2.27. The van der Waals surface area contributed by atoms with Gasteiger partial charge in [-0.05, 0) is 37.1 Å². The average molecular weight is 495 g/mol. The normalized spacial score (nSPS) is 11.5. The number of ether oxygens (including phenoxy) is 1. The van der Waals surface area contributed by atoms with E-state index < -0.39 is 6.04 Å². The van der Waals surface area contributed by atoms with Crippen molar-refractivity contribution in [2.75, 3.05) is 12.4 Å². The maximum absolute atomic E-state index is 13.5. The molecule has 3 rings (SSSR count). The quantitative estimate of drug-likeness (QED) is 0.417. The fourth-order valence-electron chi connectivity index (χ4n) is 3.56. The first-order chi connectivity index (χ1) is 16.9. The van der Waals surface area contributed by atoms with Gasteiger partial charge in [-0.1, -0.05) is 42.5 Å². The first kappa shape index (κ1) is 25.9. The summed E-state index contributed by atoms with van der Waals surface area (Å²) in [5.74, 6) is -0.248. The Hall–Kier alpha value is -3.72. The predicted octanol–water partition coefficient (Wildman–Crippen LogP) is 4.17. The van der Waals surface area contributed by atoms with Crippen molar-refractivity contribution in [2.24, 2.45) is 0 Å². The van der Waals surface area contributed by atoms with Crippen LogP contribution in [0.1, 0.15) is 43.9 Å². The minimum Gasteiger partial charge on any atom is -0.497 e. The maximum Gasteiger partial charge on any atom is 0.247 e. The van der Waals surface area contributed by atoms with Crippen molar-refractivity contribution in [3.63, 3.8) is 0 Å². The van der Waals surface area contributed by atoms with E-state index >= 15 is 0 Å². The number of aromatic nitrogens is 1. The third-order valence-corrected chi connectivity index (χ3v) is 5.87. The summed E-state index contributed by atoms with van der Waals surface area (Å²) >= 11 is 1.31. The van der Waals surface area contributed by atoms with E-state index in [-0.39, 0.29) is 43.1 Å². The molecule has 35 heavy (non-hydrogen) atoms. The number of carbonyl (C=O) groups excluding carboxylic acids is 3. The predicted molar refractivity (Wildman–Crippen MR) is 136 cm³/mol. The first-order valence-electron chi connectivity index (χ1n) is 11.3. The molecule has 1 heterocycles. The molecule has 3 amide bonds. The second-order valence-corrected chi connectivity index (χ2v) is 9.13. The number of methoxy groups -OCH3 is 1. The second kappa shape index (κ2) is 12.7. The summed E-state index contributed by atoms with van der Waals surface area (Å²) in [5, 5.41) is 7.87. The lowest BCUT2D eigenvalue weighted by atomic mass is 10.0. The third kappa shape index (κ3) is 7.65. The van der Waals surface area contributed by atoms with E-state index in [2.05, 4.69) is 15.6 Å². The minimum absolute atomic E-state index is 0.0230. The average Bonchev–Trinajstić information content (AvgIpc) is 3.35. The van der Waals surface area contributed by atoms with Crippen LogP contribution in [0, 0.1) is 0 Å². The second-order valence-electron chi connectivity index (χ2n) is 8.23. The molecule has 0 aliphatic carbocycles. The summed E-state index contributed by atoms with van der Waals surface area (Å²) < 4.78 is 5.26. The van der Waals surface area contributed by atoms with Gasteiger partial charge in [-0.15, -0.1) is 11.3 Å². The summed E-state index contributed by atoms with van der Waals surface area (Å²) in [6.45, 7) is 3.96. The zero-order chi connectivity index (χ0) is 25.2. The van der Waals surface area contributed by atoms with Crippen LogP contribution in [0.4, 0.5) is 5.13 Å². The summed E-state index contributed by atoms with van der Waals surface area (Å²) in [7, 11) is 1.57. The van der Waals surface area contributed by atoms with E-state index in [9.17, 15) is 14.4 Å². The summed E-state index contributed by atoms with van der Waals surface area (Å²) in [4.78, 5) is 44.8. The molecule has 0 saturated heterocycles. The highest BCUT2D eigenvalue weighted by atomic mass is 32.1. The van der Waals surface area contributed by atoms with Crippen LogP contribution >= 0.6 is 11.3 Å². The van der Waals surface area contributed by atoms with Gasteiger partial charge in [-0.2, -0.15) is 0 Å². The molecule has 1 atom stereocenters. The summed E-state index contributed by atoms with van der Waals surface area (Å²) in [5.41, 5.74) is 1.53. The lowest BCUT2D eigenvalue weighted by Crippen LogP contribution is -2.45. The van der Waals surface area contributed by atoms with Crippen molar-refractivity contribution in [2.45, 2.75) is 45.3 Å². The Balaban J connectivity index is 1.88. The van der Waals surface area contributed by atoms with Crippen LogP contribution in [-0.4, -0.2) is 40.8 Å². The van der Waals surface area contributed by atoms with Crippen molar-refractivity contribution in [3.8, 4) is 5.75 Å². The van der Waals surface area contributed by atoms with E-state index in [0.29, 0.717) is 16.4 Å². The number of benzene rings is 2. The monoisotopic (exact) mass is 494 g/mol. The molecule has 1 aromatic heterocycles. The molecule has 184 valence electrons. The Morgan fingerprint density at radius 3 is 2.34 bits per heavy atom. The maximum atomic E-state index is 13.5. The zero-order valence-electron chi connectivity index (χ0n) is 20.1. The summed E-state index contributed by atoms with van der Waals surface area (Å²) in [6.07, 6.45) is 1.52. The standard InChI is InChI=1S/C26H30N4O4S/c1-18(2)28-25(33)24(20-9-11-21(34-3)12-10-20)30(17-19-7-5-4-6-8-19)23(32)14-13-22(31)29-26-27-15-16-35-26/h4-12,15-16,18,24H,13-14,17H2,1-3H3,(H,28,33)(H,27,29,31)/t24-/m0/s1. The Labute approximate surface area is 209 Å². The molecular formula is C26H30N4O4S. The zero-order valence-corrected chi connectivity index (χ0v) is 20.9. The topological polar surface area (TPSA) is 101 Å². The summed E-state index contributed by atoms with van der Waals surface area (Å²) in [6, 6.07) is 15.6. The molecule has 2 N–H and O–H groups in total. The molecule has 2 aromatic carbocycles. The van der Waals surface area contributed by atoms with Crippen LogP contribution in [0.25, 0.3) is 0 Å². The van der Waals surface area contributed by atoms with Gasteiger partial charge in [0.25, 0.3) is 0 Å². The van der Waals surface area contributed by atoms with Gasteiger partial charge in [0, 0.05) is 37.0 Å².